The van der Waals surface area contributed by atoms with Gasteiger partial charge in [0, 0.05) is 34.6 Å². The van der Waals surface area contributed by atoms with Crippen LogP contribution in [0.5, 0.6) is 0 Å². The van der Waals surface area contributed by atoms with E-state index in [1.54, 1.807) is 11.3 Å². The van der Waals surface area contributed by atoms with E-state index in [2.05, 4.69) is 40.3 Å². The van der Waals surface area contributed by atoms with Gasteiger partial charge in [0.25, 0.3) is 0 Å². The van der Waals surface area contributed by atoms with E-state index in [0.717, 1.165) is 26.3 Å². The van der Waals surface area contributed by atoms with Gasteiger partial charge in [-0.2, -0.15) is 0 Å². The molecule has 3 rings (SSSR count). The molecule has 1 aromatic carbocycles. The molecule has 0 bridgehead atoms. The van der Waals surface area contributed by atoms with E-state index in [4.69, 9.17) is 4.74 Å². The number of thiophene rings is 1. The number of benzene rings is 1. The lowest BCUT2D eigenvalue weighted by molar-refractivity contribution is 0.0807. The highest BCUT2D eigenvalue weighted by atomic mass is 32.1. The zero-order valence-electron chi connectivity index (χ0n) is 9.61. The first-order valence-corrected chi connectivity index (χ1v) is 6.83. The van der Waals surface area contributed by atoms with Gasteiger partial charge in [0.1, 0.15) is 0 Å². The van der Waals surface area contributed by atoms with Crippen molar-refractivity contribution >= 4 is 27.1 Å². The van der Waals surface area contributed by atoms with Crippen LogP contribution in [0.3, 0.4) is 0 Å². The molecule has 1 saturated heterocycles. The molecule has 2 aromatic rings. The summed E-state index contributed by atoms with van der Waals surface area (Å²) in [7, 11) is 0. The van der Waals surface area contributed by atoms with E-state index in [1.807, 2.05) is 0 Å². The highest BCUT2D eigenvalue weighted by Crippen LogP contribution is 2.29. The van der Waals surface area contributed by atoms with Crippen LogP contribution in [0.4, 0.5) is 5.69 Å². The van der Waals surface area contributed by atoms with Crippen molar-refractivity contribution < 1.29 is 4.74 Å². The Morgan fingerprint density at radius 2 is 2.35 bits per heavy atom. The molecule has 0 aliphatic carbocycles. The van der Waals surface area contributed by atoms with Crippen LogP contribution in [0.15, 0.2) is 29.6 Å². The zero-order chi connectivity index (χ0) is 11.5. The molecule has 1 aromatic heterocycles. The SMILES string of the molecule is c1ccc2c(NCC3COCCN3)csc2c1. The minimum Gasteiger partial charge on any atom is -0.382 e. The van der Waals surface area contributed by atoms with E-state index in [0.29, 0.717) is 6.04 Å². The third kappa shape index (κ3) is 2.44. The number of hydrogen-bond acceptors (Lipinski definition) is 4. The molecule has 1 atom stereocenters. The summed E-state index contributed by atoms with van der Waals surface area (Å²) in [4.78, 5) is 0. The summed E-state index contributed by atoms with van der Waals surface area (Å²) in [5.41, 5.74) is 1.23. The second-order valence-corrected chi connectivity index (χ2v) is 5.16. The molecule has 90 valence electrons. The summed E-state index contributed by atoms with van der Waals surface area (Å²) in [5, 5.41) is 10.5. The molecule has 17 heavy (non-hydrogen) atoms. The molecule has 0 radical (unpaired) electrons. The summed E-state index contributed by atoms with van der Waals surface area (Å²) in [6, 6.07) is 8.91. The predicted octanol–water partition coefficient (Wildman–Crippen LogP) is 2.30. The minimum absolute atomic E-state index is 0.419. The van der Waals surface area contributed by atoms with E-state index >= 15 is 0 Å². The average molecular weight is 248 g/mol. The van der Waals surface area contributed by atoms with Gasteiger partial charge in [-0.25, -0.2) is 0 Å². The lowest BCUT2D eigenvalue weighted by Gasteiger charge is -2.24. The van der Waals surface area contributed by atoms with Crippen LogP contribution in [0.1, 0.15) is 0 Å². The number of nitrogens with one attached hydrogen (secondary N) is 2. The molecule has 0 spiro atoms. The van der Waals surface area contributed by atoms with Crippen molar-refractivity contribution in [2.75, 3.05) is 31.6 Å². The fourth-order valence-electron chi connectivity index (χ4n) is 2.10. The molecule has 0 amide bonds. The summed E-state index contributed by atoms with van der Waals surface area (Å²) in [5.74, 6) is 0. The number of ether oxygens (including phenoxy) is 1. The number of anilines is 1. The van der Waals surface area contributed by atoms with Crippen LogP contribution in [0, 0.1) is 0 Å². The Balaban J connectivity index is 1.68. The van der Waals surface area contributed by atoms with Crippen molar-refractivity contribution in [3.8, 4) is 0 Å². The second-order valence-electron chi connectivity index (χ2n) is 4.25. The molecule has 1 unspecified atom stereocenters. The van der Waals surface area contributed by atoms with E-state index < -0.39 is 0 Å². The first-order chi connectivity index (χ1) is 8.43. The summed E-state index contributed by atoms with van der Waals surface area (Å²) < 4.78 is 6.78. The maximum absolute atomic E-state index is 5.44. The first kappa shape index (κ1) is 11.0. The van der Waals surface area contributed by atoms with Crippen molar-refractivity contribution in [1.29, 1.82) is 0 Å². The third-order valence-electron chi connectivity index (χ3n) is 3.02. The predicted molar refractivity (Wildman–Crippen MR) is 72.9 cm³/mol. The number of fused-ring (bicyclic) bond motifs is 1. The van der Waals surface area contributed by atoms with E-state index in [-0.39, 0.29) is 0 Å². The first-order valence-electron chi connectivity index (χ1n) is 5.95. The van der Waals surface area contributed by atoms with E-state index in [1.165, 1.54) is 15.8 Å². The van der Waals surface area contributed by atoms with Crippen LogP contribution in [0.2, 0.25) is 0 Å². The summed E-state index contributed by atoms with van der Waals surface area (Å²) in [6.07, 6.45) is 0. The topological polar surface area (TPSA) is 33.3 Å². The summed E-state index contributed by atoms with van der Waals surface area (Å²) >= 11 is 1.79. The minimum atomic E-state index is 0.419. The molecule has 4 heteroatoms. The van der Waals surface area contributed by atoms with Gasteiger partial charge in [0.05, 0.1) is 18.9 Å². The highest BCUT2D eigenvalue weighted by Gasteiger charge is 2.13. The van der Waals surface area contributed by atoms with Crippen molar-refractivity contribution in [2.24, 2.45) is 0 Å². The van der Waals surface area contributed by atoms with Gasteiger partial charge >= 0.3 is 0 Å². The molecular formula is C13H16N2OS. The molecule has 1 fully saturated rings. The van der Waals surface area contributed by atoms with Crippen LogP contribution >= 0.6 is 11.3 Å². The van der Waals surface area contributed by atoms with Gasteiger partial charge in [-0.3, -0.25) is 0 Å². The van der Waals surface area contributed by atoms with Crippen molar-refractivity contribution in [2.45, 2.75) is 6.04 Å². The largest absolute Gasteiger partial charge is 0.382 e. The molecule has 2 N–H and O–H groups in total. The van der Waals surface area contributed by atoms with Gasteiger partial charge in [-0.05, 0) is 6.07 Å². The van der Waals surface area contributed by atoms with Crippen molar-refractivity contribution in [1.82, 2.24) is 5.32 Å². The number of rotatable bonds is 3. The Morgan fingerprint density at radius 3 is 3.24 bits per heavy atom. The molecule has 1 aliphatic rings. The normalized spacial score (nSPS) is 20.6. The van der Waals surface area contributed by atoms with Crippen molar-refractivity contribution in [3.63, 3.8) is 0 Å². The highest BCUT2D eigenvalue weighted by molar-refractivity contribution is 7.17. The lowest BCUT2D eigenvalue weighted by atomic mass is 10.2. The number of hydrogen-bond donors (Lipinski definition) is 2. The Hall–Kier alpha value is -1.10. The standard InChI is InChI=1S/C13H16N2OS/c1-2-4-13-11(3-1)12(9-17-13)15-7-10-8-16-6-5-14-10/h1-4,9-10,14-15H,5-8H2. The Bertz CT molecular complexity index is 491. The van der Waals surface area contributed by atoms with E-state index in [9.17, 15) is 0 Å². The molecule has 3 nitrogen and oxygen atoms in total. The molecule has 2 heterocycles. The van der Waals surface area contributed by atoms with Gasteiger partial charge in [0.15, 0.2) is 0 Å². The Morgan fingerprint density at radius 1 is 1.41 bits per heavy atom. The molecule has 0 saturated carbocycles. The fraction of sp³-hybridized carbons (Fsp3) is 0.385. The Kier molecular flexibility index (Phi) is 3.27. The van der Waals surface area contributed by atoms with Crippen LogP contribution in [0.25, 0.3) is 10.1 Å². The third-order valence-corrected chi connectivity index (χ3v) is 3.98. The second kappa shape index (κ2) is 5.04. The van der Waals surface area contributed by atoms with Gasteiger partial charge in [-0.15, -0.1) is 11.3 Å². The smallest absolute Gasteiger partial charge is 0.0637 e. The maximum atomic E-state index is 5.44. The van der Waals surface area contributed by atoms with Gasteiger partial charge in [-0.1, -0.05) is 18.2 Å². The maximum Gasteiger partial charge on any atom is 0.0637 e. The van der Waals surface area contributed by atoms with Gasteiger partial charge < -0.3 is 15.4 Å². The zero-order valence-corrected chi connectivity index (χ0v) is 10.4. The average Bonchev–Trinajstić information content (AvgIpc) is 2.81. The summed E-state index contributed by atoms with van der Waals surface area (Å²) in [6.45, 7) is 3.50. The van der Waals surface area contributed by atoms with Crippen LogP contribution in [-0.2, 0) is 4.74 Å². The quantitative estimate of drug-likeness (QED) is 0.874. The lowest BCUT2D eigenvalue weighted by Crippen LogP contribution is -2.45. The number of morpholine rings is 1. The van der Waals surface area contributed by atoms with Crippen molar-refractivity contribution in [3.05, 3.63) is 29.6 Å². The van der Waals surface area contributed by atoms with Crippen LogP contribution < -0.4 is 10.6 Å². The fourth-order valence-corrected chi connectivity index (χ4v) is 3.02. The van der Waals surface area contributed by atoms with Crippen LogP contribution in [-0.4, -0.2) is 32.3 Å². The molecular weight excluding hydrogens is 232 g/mol. The monoisotopic (exact) mass is 248 g/mol. The van der Waals surface area contributed by atoms with Gasteiger partial charge in [0.2, 0.25) is 0 Å². The Labute approximate surface area is 105 Å². The molecule has 1 aliphatic heterocycles.